The first-order valence-corrected chi connectivity index (χ1v) is 9.69. The third-order valence-electron chi connectivity index (χ3n) is 5.36. The molecule has 1 aliphatic carbocycles. The first kappa shape index (κ1) is 20.1. The van der Waals surface area contributed by atoms with Crippen LogP contribution in [0.5, 0.6) is 5.88 Å². The van der Waals surface area contributed by atoms with Gasteiger partial charge in [0.25, 0.3) is 5.88 Å². The highest BCUT2D eigenvalue weighted by atomic mass is 19.1. The topological polar surface area (TPSA) is 88.7 Å². The van der Waals surface area contributed by atoms with Gasteiger partial charge < -0.3 is 10.1 Å². The molecule has 0 spiro atoms. The maximum absolute atomic E-state index is 14.1. The van der Waals surface area contributed by atoms with Crippen LogP contribution in [0.3, 0.4) is 0 Å². The van der Waals surface area contributed by atoms with Crippen LogP contribution >= 0.6 is 0 Å². The molecule has 7 nitrogen and oxygen atoms in total. The Morgan fingerprint density at radius 1 is 1.32 bits per heavy atom. The van der Waals surface area contributed by atoms with Crippen LogP contribution in [0.4, 0.5) is 16.0 Å². The number of halogens is 1. The van der Waals surface area contributed by atoms with Crippen LogP contribution in [-0.4, -0.2) is 26.4 Å². The van der Waals surface area contributed by atoms with Gasteiger partial charge in [-0.25, -0.2) is 9.67 Å². The van der Waals surface area contributed by atoms with Crippen LogP contribution < -0.4 is 10.1 Å². The number of anilines is 2. The van der Waals surface area contributed by atoms with Crippen molar-refractivity contribution in [2.75, 3.05) is 11.9 Å². The molecule has 0 aliphatic heterocycles. The number of nitrogens with zero attached hydrogens (tertiary/aromatic N) is 5. The summed E-state index contributed by atoms with van der Waals surface area (Å²) >= 11 is 0. The molecule has 2 aromatic rings. The molecule has 1 saturated carbocycles. The Bertz CT molecular complexity index is 864. The molecule has 0 bridgehead atoms. The lowest BCUT2D eigenvalue weighted by Crippen LogP contribution is -2.26. The number of hydrogen-bond donors (Lipinski definition) is 1. The van der Waals surface area contributed by atoms with Gasteiger partial charge in [0.05, 0.1) is 36.5 Å². The Kier molecular flexibility index (Phi) is 5.82. The van der Waals surface area contributed by atoms with Crippen molar-refractivity contribution in [2.45, 2.75) is 58.9 Å². The van der Waals surface area contributed by atoms with Crippen LogP contribution in [0.1, 0.15) is 52.1 Å². The van der Waals surface area contributed by atoms with Gasteiger partial charge >= 0.3 is 0 Å². The molecular weight excluding hydrogens is 359 g/mol. The summed E-state index contributed by atoms with van der Waals surface area (Å²) in [7, 11) is 0. The average Bonchev–Trinajstić information content (AvgIpc) is 3.04. The van der Waals surface area contributed by atoms with Crippen molar-refractivity contribution in [2.24, 2.45) is 11.8 Å². The van der Waals surface area contributed by atoms with Crippen molar-refractivity contribution in [3.63, 3.8) is 0 Å². The Hall–Kier alpha value is -2.69. The molecule has 28 heavy (non-hydrogen) atoms. The van der Waals surface area contributed by atoms with Gasteiger partial charge in [0.1, 0.15) is 5.54 Å². The van der Waals surface area contributed by atoms with Gasteiger partial charge in [-0.1, -0.05) is 19.8 Å². The summed E-state index contributed by atoms with van der Waals surface area (Å²) in [5.41, 5.74) is 0.639. The highest BCUT2D eigenvalue weighted by Crippen LogP contribution is 2.29. The SMILES string of the molecule is Cc1c(Nc2ncc(F)c(OC[C@H]3CC[C@H](C)CC3)n2)cnn1C(C)(C)C#N. The lowest BCUT2D eigenvalue weighted by molar-refractivity contribution is 0.178. The zero-order valence-corrected chi connectivity index (χ0v) is 16.9. The molecule has 8 heteroatoms. The molecule has 0 radical (unpaired) electrons. The number of nitrogens with one attached hydrogen (secondary N) is 1. The standard InChI is InChI=1S/C20H27FN6O/c1-13-5-7-15(8-6-13)11-28-18-16(21)9-23-19(26-18)25-17-10-24-27(14(17)2)20(3,4)12-22/h9-10,13,15H,5-8,11H2,1-4H3,(H,23,25,26)/t13-,15-. The van der Waals surface area contributed by atoms with Crippen molar-refractivity contribution in [1.29, 1.82) is 5.26 Å². The molecule has 3 rings (SSSR count). The summed E-state index contributed by atoms with van der Waals surface area (Å²) in [6.45, 7) is 8.14. The van der Waals surface area contributed by atoms with Crippen molar-refractivity contribution in [3.05, 3.63) is 23.9 Å². The zero-order valence-electron chi connectivity index (χ0n) is 16.9. The fourth-order valence-corrected chi connectivity index (χ4v) is 3.47. The van der Waals surface area contributed by atoms with E-state index in [0.29, 0.717) is 18.2 Å². The van der Waals surface area contributed by atoms with Gasteiger partial charge in [0.2, 0.25) is 11.8 Å². The molecule has 1 aliphatic rings. The number of rotatable bonds is 6. The summed E-state index contributed by atoms with van der Waals surface area (Å²) in [5.74, 6) is 0.811. The molecule has 2 heterocycles. The molecule has 2 aromatic heterocycles. The molecule has 0 aromatic carbocycles. The highest BCUT2D eigenvalue weighted by Gasteiger charge is 2.24. The van der Waals surface area contributed by atoms with Gasteiger partial charge in [-0.15, -0.1) is 0 Å². The third-order valence-corrected chi connectivity index (χ3v) is 5.36. The van der Waals surface area contributed by atoms with E-state index >= 15 is 0 Å². The van der Waals surface area contributed by atoms with Crippen LogP contribution in [0.2, 0.25) is 0 Å². The number of aromatic nitrogens is 4. The number of hydrogen-bond acceptors (Lipinski definition) is 6. The van der Waals surface area contributed by atoms with Crippen LogP contribution in [-0.2, 0) is 5.54 Å². The highest BCUT2D eigenvalue weighted by molar-refractivity contribution is 5.55. The maximum Gasteiger partial charge on any atom is 0.255 e. The van der Waals surface area contributed by atoms with E-state index in [1.807, 2.05) is 6.92 Å². The first-order valence-electron chi connectivity index (χ1n) is 9.69. The Balaban J connectivity index is 1.69. The van der Waals surface area contributed by atoms with E-state index in [9.17, 15) is 9.65 Å². The predicted octanol–water partition coefficient (Wildman–Crippen LogP) is 4.33. The predicted molar refractivity (Wildman–Crippen MR) is 104 cm³/mol. The summed E-state index contributed by atoms with van der Waals surface area (Å²) in [4.78, 5) is 8.17. The Labute approximate surface area is 164 Å². The molecular formula is C20H27FN6O. The van der Waals surface area contributed by atoms with Crippen LogP contribution in [0.25, 0.3) is 0 Å². The van der Waals surface area contributed by atoms with Crippen molar-refractivity contribution in [1.82, 2.24) is 19.7 Å². The first-order chi connectivity index (χ1) is 13.3. The summed E-state index contributed by atoms with van der Waals surface area (Å²) in [5, 5.41) is 16.6. The second kappa shape index (κ2) is 8.13. The second-order valence-electron chi connectivity index (χ2n) is 8.13. The lowest BCUT2D eigenvalue weighted by atomic mass is 9.83. The van der Waals surface area contributed by atoms with E-state index in [0.717, 1.165) is 30.7 Å². The van der Waals surface area contributed by atoms with Crippen LogP contribution in [0, 0.1) is 35.9 Å². The Morgan fingerprint density at radius 3 is 2.71 bits per heavy atom. The maximum atomic E-state index is 14.1. The average molecular weight is 386 g/mol. The van der Waals surface area contributed by atoms with Crippen molar-refractivity contribution < 1.29 is 9.13 Å². The quantitative estimate of drug-likeness (QED) is 0.795. The van der Waals surface area contributed by atoms with Crippen LogP contribution in [0.15, 0.2) is 12.4 Å². The van der Waals surface area contributed by atoms with E-state index in [2.05, 4.69) is 33.4 Å². The minimum absolute atomic E-state index is 0.0430. The van der Waals surface area contributed by atoms with E-state index in [1.165, 1.54) is 12.8 Å². The van der Waals surface area contributed by atoms with Crippen molar-refractivity contribution >= 4 is 11.6 Å². The fourth-order valence-electron chi connectivity index (χ4n) is 3.47. The van der Waals surface area contributed by atoms with Gasteiger partial charge in [-0.3, -0.25) is 0 Å². The minimum Gasteiger partial charge on any atom is -0.475 e. The smallest absolute Gasteiger partial charge is 0.255 e. The van der Waals surface area contributed by atoms with Gasteiger partial charge in [0.15, 0.2) is 0 Å². The van der Waals surface area contributed by atoms with Crippen molar-refractivity contribution in [3.8, 4) is 11.9 Å². The largest absolute Gasteiger partial charge is 0.475 e. The molecule has 1 N–H and O–H groups in total. The molecule has 0 atom stereocenters. The number of ether oxygens (including phenoxy) is 1. The second-order valence-corrected chi connectivity index (χ2v) is 8.13. The van der Waals surface area contributed by atoms with E-state index in [4.69, 9.17) is 4.74 Å². The van der Waals surface area contributed by atoms with E-state index < -0.39 is 11.4 Å². The van der Waals surface area contributed by atoms with Gasteiger partial charge in [0, 0.05) is 0 Å². The molecule has 0 unspecified atom stereocenters. The fraction of sp³-hybridized carbons (Fsp3) is 0.600. The molecule has 1 fully saturated rings. The molecule has 150 valence electrons. The summed E-state index contributed by atoms with van der Waals surface area (Å²) in [6.07, 6.45) is 7.29. The minimum atomic E-state index is -0.778. The normalized spacial score (nSPS) is 19.9. The Morgan fingerprint density at radius 2 is 2.04 bits per heavy atom. The van der Waals surface area contributed by atoms with E-state index in [1.54, 1.807) is 24.7 Å². The third kappa shape index (κ3) is 4.41. The lowest BCUT2D eigenvalue weighted by Gasteiger charge is -2.25. The van der Waals surface area contributed by atoms with E-state index in [-0.39, 0.29) is 11.8 Å². The van der Waals surface area contributed by atoms with Gasteiger partial charge in [-0.2, -0.15) is 19.7 Å². The molecule has 0 saturated heterocycles. The van der Waals surface area contributed by atoms with Gasteiger partial charge in [-0.05, 0) is 45.4 Å². The monoisotopic (exact) mass is 386 g/mol. The number of nitriles is 1. The summed E-state index contributed by atoms with van der Waals surface area (Å²) in [6, 6.07) is 2.21. The zero-order chi connectivity index (χ0) is 20.3. The summed E-state index contributed by atoms with van der Waals surface area (Å²) < 4.78 is 21.4. The molecule has 0 amide bonds.